The second-order valence-electron chi connectivity index (χ2n) is 5.11. The van der Waals surface area contributed by atoms with Crippen molar-refractivity contribution in [1.29, 1.82) is 0 Å². The third kappa shape index (κ3) is 7.49. The van der Waals surface area contributed by atoms with E-state index in [0.29, 0.717) is 9.28 Å². The number of hydrogen-bond acceptors (Lipinski definition) is 8. The molecule has 0 aromatic heterocycles. The van der Waals surface area contributed by atoms with Crippen LogP contribution < -0.4 is 0 Å². The molecule has 1 saturated heterocycles. The molecule has 0 aromatic carbocycles. The lowest BCUT2D eigenvalue weighted by Crippen LogP contribution is -2.66. The maximum atomic E-state index is 12.4. The zero-order valence-electron chi connectivity index (χ0n) is 13.9. The molecule has 0 aromatic rings. The number of thioether (sulfide) groups is 2. The fourth-order valence-corrected chi connectivity index (χ4v) is 5.36. The average Bonchev–Trinajstić information content (AvgIpc) is 2.52. The first-order valence-electron chi connectivity index (χ1n) is 7.31. The lowest BCUT2D eigenvalue weighted by molar-refractivity contribution is -0.165. The van der Waals surface area contributed by atoms with Crippen LogP contribution in [0.5, 0.6) is 0 Å². The fourth-order valence-electron chi connectivity index (χ4n) is 2.08. The third-order valence-electron chi connectivity index (χ3n) is 3.19. The van der Waals surface area contributed by atoms with Crippen LogP contribution in [0.1, 0.15) is 13.8 Å². The Morgan fingerprint density at radius 2 is 2.00 bits per heavy atom. The first-order chi connectivity index (χ1) is 12.4. The Kier molecular flexibility index (Phi) is 10.1. The second-order valence-corrected chi connectivity index (χ2v) is 11.6. The van der Waals surface area contributed by atoms with Gasteiger partial charge >= 0.3 is 12.1 Å². The number of hydrogen-bond donors (Lipinski definition) is 1. The number of ether oxygens (including phenoxy) is 2. The maximum absolute atomic E-state index is 12.4. The van der Waals surface area contributed by atoms with E-state index in [-0.39, 0.29) is 0 Å². The number of nitrogens with zero attached hydrogens (tertiary/aromatic N) is 1. The van der Waals surface area contributed by atoms with E-state index >= 15 is 0 Å². The van der Waals surface area contributed by atoms with Crippen molar-refractivity contribution < 1.29 is 29.0 Å². The zero-order valence-corrected chi connectivity index (χ0v) is 19.4. The van der Waals surface area contributed by atoms with Gasteiger partial charge in [0.05, 0.1) is 0 Å². The van der Waals surface area contributed by atoms with Crippen molar-refractivity contribution in [3.05, 3.63) is 0 Å². The van der Waals surface area contributed by atoms with Crippen molar-refractivity contribution in [2.75, 3.05) is 12.4 Å². The number of carboxylic acid groups (broad SMARTS) is 1. The van der Waals surface area contributed by atoms with Crippen LogP contribution in [0, 0.1) is 5.92 Å². The van der Waals surface area contributed by atoms with Gasteiger partial charge in [0.1, 0.15) is 27.5 Å². The van der Waals surface area contributed by atoms with E-state index < -0.39 is 51.3 Å². The van der Waals surface area contributed by atoms with Gasteiger partial charge in [0.2, 0.25) is 15.2 Å². The molecule has 1 heterocycles. The molecule has 0 saturated carbocycles. The Bertz CT molecular complexity index is 605. The zero-order chi connectivity index (χ0) is 20.9. The minimum atomic E-state index is -1.80. The largest absolute Gasteiger partial charge is 0.508 e. The molecule has 154 valence electrons. The monoisotopic (exact) mass is 517 g/mol. The highest BCUT2D eigenvalue weighted by Crippen LogP contribution is 2.42. The van der Waals surface area contributed by atoms with Gasteiger partial charge in [-0.2, -0.15) is 0 Å². The first-order valence-corrected chi connectivity index (χ1v) is 11.2. The van der Waals surface area contributed by atoms with Gasteiger partial charge in [-0.15, -0.1) is 11.8 Å². The average molecular weight is 519 g/mol. The van der Waals surface area contributed by atoms with Crippen molar-refractivity contribution >= 4 is 104 Å². The Hall–Kier alpha value is 0.160. The van der Waals surface area contributed by atoms with Gasteiger partial charge < -0.3 is 19.5 Å². The lowest BCUT2D eigenvalue weighted by Gasteiger charge is -2.48. The van der Waals surface area contributed by atoms with Crippen LogP contribution in [-0.4, -0.2) is 64.7 Å². The number of likely N-dealkylation sites (tertiary alicyclic amines) is 1. The van der Waals surface area contributed by atoms with Gasteiger partial charge in [-0.3, -0.25) is 4.79 Å². The molecule has 0 aliphatic carbocycles. The number of β-lactam (4-membered cyclic amide) rings is 1. The summed E-state index contributed by atoms with van der Waals surface area (Å²) in [5.41, 5.74) is -1.57. The topological polar surface area (TPSA) is 93.1 Å². The minimum absolute atomic E-state index is 0.505. The standard InChI is InChI=1S/C13H15Cl4NO6S3/c1-3-26-12(25)27-9-6(8(19)18(9)7(14)10(20)21)5(2)24-11(22)23-4-13(15,16)17/h5-7,9H,3-4H2,1-2H3,(H,20,21)/t5?,6-,7?,9+/m0/s1. The highest BCUT2D eigenvalue weighted by Gasteiger charge is 2.56. The third-order valence-corrected chi connectivity index (χ3v) is 6.68. The summed E-state index contributed by atoms with van der Waals surface area (Å²) in [6, 6.07) is 0. The molecule has 0 radical (unpaired) electrons. The van der Waals surface area contributed by atoms with E-state index in [0.717, 1.165) is 16.7 Å². The van der Waals surface area contributed by atoms with Crippen LogP contribution in [0.4, 0.5) is 4.79 Å². The fraction of sp³-hybridized carbons (Fsp3) is 0.692. The van der Waals surface area contributed by atoms with E-state index in [1.54, 1.807) is 0 Å². The molecule has 14 heteroatoms. The van der Waals surface area contributed by atoms with E-state index in [1.807, 2.05) is 6.92 Å². The number of amides is 1. The molecule has 27 heavy (non-hydrogen) atoms. The molecule has 0 bridgehead atoms. The van der Waals surface area contributed by atoms with Crippen LogP contribution in [0.25, 0.3) is 0 Å². The predicted molar refractivity (Wildman–Crippen MR) is 112 cm³/mol. The molecular weight excluding hydrogens is 504 g/mol. The maximum Gasteiger partial charge on any atom is 0.508 e. The first kappa shape index (κ1) is 25.2. The molecule has 1 amide bonds. The van der Waals surface area contributed by atoms with Gasteiger partial charge in [0.25, 0.3) is 0 Å². The number of carboxylic acids is 1. The van der Waals surface area contributed by atoms with Crippen molar-refractivity contribution in [2.24, 2.45) is 5.92 Å². The van der Waals surface area contributed by atoms with E-state index in [1.165, 1.54) is 18.7 Å². The number of halogens is 4. The lowest BCUT2D eigenvalue weighted by atomic mass is 9.92. The summed E-state index contributed by atoms with van der Waals surface area (Å²) in [5, 5.41) is 8.38. The smallest absolute Gasteiger partial charge is 0.479 e. The molecule has 1 aliphatic heterocycles. The van der Waals surface area contributed by atoms with Crippen LogP contribution in [0.2, 0.25) is 0 Å². The molecule has 7 nitrogen and oxygen atoms in total. The SMILES string of the molecule is CCSC(=S)S[C@@H]1[C@@H](C(C)OC(=O)OCC(Cl)(Cl)Cl)C(=O)N1C(Cl)C(=O)O. The number of carbonyl (C=O) groups is 3. The number of thiocarbonyl (C=S) groups is 1. The van der Waals surface area contributed by atoms with Gasteiger partial charge in [-0.1, -0.05) is 77.3 Å². The number of rotatable bonds is 7. The molecule has 1 rings (SSSR count). The summed E-state index contributed by atoms with van der Waals surface area (Å²) in [6.45, 7) is 2.82. The summed E-state index contributed by atoms with van der Waals surface area (Å²) >= 11 is 29.9. The molecule has 1 N–H and O–H groups in total. The molecule has 4 atom stereocenters. The Morgan fingerprint density at radius 1 is 1.41 bits per heavy atom. The number of carbonyl (C=O) groups excluding carboxylic acids is 2. The van der Waals surface area contributed by atoms with E-state index in [2.05, 4.69) is 4.74 Å². The second kappa shape index (κ2) is 10.8. The number of alkyl halides is 4. The highest BCUT2D eigenvalue weighted by atomic mass is 35.6. The number of aliphatic carboxylic acids is 1. The molecule has 1 aliphatic rings. The Balaban J connectivity index is 2.82. The Morgan fingerprint density at radius 3 is 2.48 bits per heavy atom. The quantitative estimate of drug-likeness (QED) is 0.176. The highest BCUT2D eigenvalue weighted by molar-refractivity contribution is 8.47. The summed E-state index contributed by atoms with van der Waals surface area (Å²) in [7, 11) is 0. The molecule has 0 spiro atoms. The summed E-state index contributed by atoms with van der Waals surface area (Å²) < 4.78 is 8.40. The van der Waals surface area contributed by atoms with E-state index in [4.69, 9.17) is 68.5 Å². The molecule has 1 fully saturated rings. The summed E-state index contributed by atoms with van der Waals surface area (Å²) in [6.07, 6.45) is -2.07. The molecular formula is C13H15Cl4NO6S3. The summed E-state index contributed by atoms with van der Waals surface area (Å²) in [4.78, 5) is 36.3. The van der Waals surface area contributed by atoms with Crippen LogP contribution in [-0.2, 0) is 19.1 Å². The Labute approximate surface area is 189 Å². The van der Waals surface area contributed by atoms with Gasteiger partial charge in [-0.05, 0) is 12.7 Å². The van der Waals surface area contributed by atoms with Crippen molar-refractivity contribution in [1.82, 2.24) is 4.90 Å². The molecule has 2 unspecified atom stereocenters. The van der Waals surface area contributed by atoms with E-state index in [9.17, 15) is 14.4 Å². The normalized spacial score (nSPS) is 21.9. The minimum Gasteiger partial charge on any atom is -0.479 e. The summed E-state index contributed by atoms with van der Waals surface area (Å²) in [5.74, 6) is -2.11. The van der Waals surface area contributed by atoms with Gasteiger partial charge in [0.15, 0.2) is 0 Å². The predicted octanol–water partition coefficient (Wildman–Crippen LogP) is 4.10. The van der Waals surface area contributed by atoms with Crippen molar-refractivity contribution in [3.63, 3.8) is 0 Å². The van der Waals surface area contributed by atoms with Crippen molar-refractivity contribution in [2.45, 2.75) is 34.6 Å². The van der Waals surface area contributed by atoms with Crippen LogP contribution in [0.3, 0.4) is 0 Å². The van der Waals surface area contributed by atoms with Crippen LogP contribution in [0.15, 0.2) is 0 Å². The van der Waals surface area contributed by atoms with Crippen LogP contribution >= 0.6 is 82.1 Å². The van der Waals surface area contributed by atoms with Gasteiger partial charge in [0, 0.05) is 0 Å². The van der Waals surface area contributed by atoms with Gasteiger partial charge in [-0.25, -0.2) is 9.59 Å². The van der Waals surface area contributed by atoms with Crippen molar-refractivity contribution in [3.8, 4) is 0 Å².